The van der Waals surface area contributed by atoms with E-state index in [2.05, 4.69) is 10.3 Å². The molecule has 7 heteroatoms. The number of hydrogen-bond donors (Lipinski definition) is 1. The van der Waals surface area contributed by atoms with E-state index in [1.165, 1.54) is 17.4 Å². The Bertz CT molecular complexity index is 1050. The minimum absolute atomic E-state index is 0.0681. The van der Waals surface area contributed by atoms with Crippen LogP contribution in [0.5, 0.6) is 0 Å². The maximum Gasteiger partial charge on any atom is 0.263 e. The molecule has 0 unspecified atom stereocenters. The van der Waals surface area contributed by atoms with Crippen molar-refractivity contribution in [3.63, 3.8) is 0 Å². The van der Waals surface area contributed by atoms with Crippen LogP contribution in [0.4, 0.5) is 0 Å². The summed E-state index contributed by atoms with van der Waals surface area (Å²) in [7, 11) is 1.70. The van der Waals surface area contributed by atoms with Crippen molar-refractivity contribution >= 4 is 11.8 Å². The topological polar surface area (TPSA) is 84.3 Å². The van der Waals surface area contributed by atoms with Crippen molar-refractivity contribution in [3.8, 4) is 0 Å². The van der Waals surface area contributed by atoms with Crippen molar-refractivity contribution < 1.29 is 9.59 Å². The van der Waals surface area contributed by atoms with E-state index in [0.29, 0.717) is 24.6 Å². The lowest BCUT2D eigenvalue weighted by molar-refractivity contribution is 0.0708. The summed E-state index contributed by atoms with van der Waals surface area (Å²) in [5.41, 5.74) is 3.14. The first-order chi connectivity index (χ1) is 14.8. The molecule has 1 N–H and O–H groups in total. The van der Waals surface area contributed by atoms with E-state index in [4.69, 9.17) is 0 Å². The lowest BCUT2D eigenvalue weighted by Gasteiger charge is -2.32. The van der Waals surface area contributed by atoms with Gasteiger partial charge < -0.3 is 14.8 Å². The minimum atomic E-state index is -0.234. The van der Waals surface area contributed by atoms with Crippen molar-refractivity contribution in [1.82, 2.24) is 19.8 Å². The molecule has 0 atom stereocenters. The molecule has 1 aliphatic carbocycles. The van der Waals surface area contributed by atoms with Crippen LogP contribution in [-0.2, 0) is 7.05 Å². The molecule has 2 amide bonds. The Balaban J connectivity index is 1.37. The molecule has 0 aromatic carbocycles. The number of piperidine rings is 1. The highest BCUT2D eigenvalue weighted by molar-refractivity contribution is 5.95. The van der Waals surface area contributed by atoms with Gasteiger partial charge in [-0.25, -0.2) is 0 Å². The average Bonchev–Trinajstić information content (AvgIpc) is 3.61. The van der Waals surface area contributed by atoms with E-state index in [9.17, 15) is 14.4 Å². The summed E-state index contributed by atoms with van der Waals surface area (Å²) in [6.45, 7) is 5.61. The maximum atomic E-state index is 13.0. The molecular formula is C24H30N4O3. The number of carbonyl (C=O) groups is 2. The van der Waals surface area contributed by atoms with Gasteiger partial charge in [-0.15, -0.1) is 0 Å². The van der Waals surface area contributed by atoms with Crippen LogP contribution < -0.4 is 10.9 Å². The summed E-state index contributed by atoms with van der Waals surface area (Å²) in [5, 5.41) is 2.96. The lowest BCUT2D eigenvalue weighted by Crippen LogP contribution is -2.41. The van der Waals surface area contributed by atoms with Crippen molar-refractivity contribution in [2.75, 3.05) is 19.6 Å². The van der Waals surface area contributed by atoms with Crippen LogP contribution in [0.1, 0.15) is 69.3 Å². The fraction of sp³-hybridized carbons (Fsp3) is 0.500. The maximum absolute atomic E-state index is 13.0. The Kier molecular flexibility index (Phi) is 5.94. The van der Waals surface area contributed by atoms with Crippen LogP contribution in [0.25, 0.3) is 0 Å². The number of likely N-dealkylation sites (tertiary alicyclic amines) is 1. The summed E-state index contributed by atoms with van der Waals surface area (Å²) < 4.78 is 1.53. The van der Waals surface area contributed by atoms with Gasteiger partial charge >= 0.3 is 0 Å². The summed E-state index contributed by atoms with van der Waals surface area (Å²) in [5.74, 6) is 0.635. The van der Waals surface area contributed by atoms with Gasteiger partial charge in [0.05, 0.1) is 5.56 Å². The summed E-state index contributed by atoms with van der Waals surface area (Å²) in [6.07, 6.45) is 5.64. The molecule has 2 fully saturated rings. The molecule has 0 spiro atoms. The van der Waals surface area contributed by atoms with Gasteiger partial charge in [-0.3, -0.25) is 19.4 Å². The third kappa shape index (κ3) is 4.55. The number of aromatic nitrogens is 2. The Labute approximate surface area is 182 Å². The van der Waals surface area contributed by atoms with Crippen LogP contribution in [0.3, 0.4) is 0 Å². The first-order valence-corrected chi connectivity index (χ1v) is 11.1. The Hall–Kier alpha value is -2.96. The Morgan fingerprint density at radius 2 is 1.84 bits per heavy atom. The van der Waals surface area contributed by atoms with Crippen LogP contribution in [0, 0.1) is 19.8 Å². The normalized spacial score (nSPS) is 16.9. The zero-order valence-electron chi connectivity index (χ0n) is 18.5. The molecule has 0 radical (unpaired) electrons. The quantitative estimate of drug-likeness (QED) is 0.803. The molecule has 2 aliphatic rings. The van der Waals surface area contributed by atoms with Crippen molar-refractivity contribution in [2.45, 2.75) is 45.4 Å². The lowest BCUT2D eigenvalue weighted by atomic mass is 9.92. The second kappa shape index (κ2) is 8.65. The smallest absolute Gasteiger partial charge is 0.263 e. The van der Waals surface area contributed by atoms with E-state index < -0.39 is 0 Å². The zero-order chi connectivity index (χ0) is 22.1. The van der Waals surface area contributed by atoms with E-state index in [0.717, 1.165) is 36.3 Å². The highest BCUT2D eigenvalue weighted by Crippen LogP contribution is 2.28. The molecule has 1 saturated heterocycles. The number of nitrogens with zero attached hydrogens (tertiary/aromatic N) is 3. The fourth-order valence-corrected chi connectivity index (χ4v) is 4.22. The molecule has 31 heavy (non-hydrogen) atoms. The first kappa shape index (κ1) is 21.3. The number of aryl methyl sites for hydroxylation is 2. The predicted molar refractivity (Wildman–Crippen MR) is 118 cm³/mol. The van der Waals surface area contributed by atoms with Gasteiger partial charge in [0, 0.05) is 50.2 Å². The van der Waals surface area contributed by atoms with Crippen LogP contribution >= 0.6 is 0 Å². The van der Waals surface area contributed by atoms with Gasteiger partial charge in [0.1, 0.15) is 5.56 Å². The van der Waals surface area contributed by atoms with E-state index >= 15 is 0 Å². The third-order valence-electron chi connectivity index (χ3n) is 6.58. The van der Waals surface area contributed by atoms with E-state index in [1.807, 2.05) is 32.0 Å². The molecule has 7 nitrogen and oxygen atoms in total. The van der Waals surface area contributed by atoms with Gasteiger partial charge in [-0.2, -0.15) is 0 Å². The molecule has 2 aromatic rings. The molecule has 3 heterocycles. The monoisotopic (exact) mass is 422 g/mol. The largest absolute Gasteiger partial charge is 0.352 e. The van der Waals surface area contributed by atoms with Gasteiger partial charge in [0.15, 0.2) is 0 Å². The van der Waals surface area contributed by atoms with Crippen molar-refractivity contribution in [1.29, 1.82) is 0 Å². The van der Waals surface area contributed by atoms with Gasteiger partial charge in [-0.05, 0) is 69.2 Å². The van der Waals surface area contributed by atoms with Crippen LogP contribution in [-0.4, -0.2) is 45.9 Å². The fourth-order valence-electron chi connectivity index (χ4n) is 4.22. The Morgan fingerprint density at radius 1 is 1.13 bits per heavy atom. The molecule has 4 rings (SSSR count). The number of nitrogens with one attached hydrogen (secondary N) is 1. The number of amides is 2. The molecule has 1 saturated carbocycles. The van der Waals surface area contributed by atoms with Crippen molar-refractivity contribution in [2.24, 2.45) is 13.0 Å². The second-order valence-electron chi connectivity index (χ2n) is 8.90. The minimum Gasteiger partial charge on any atom is -0.352 e. The number of carbonyl (C=O) groups excluding carboxylic acids is 2. The van der Waals surface area contributed by atoms with E-state index in [-0.39, 0.29) is 28.9 Å². The Morgan fingerprint density at radius 3 is 2.45 bits per heavy atom. The summed E-state index contributed by atoms with van der Waals surface area (Å²) in [6, 6.07) is 5.64. The van der Waals surface area contributed by atoms with Crippen LogP contribution in [0.2, 0.25) is 0 Å². The number of rotatable bonds is 5. The standard InChI is InChI=1S/C24H30N4O3/c1-15-12-16(2)27(3)23(30)21(15)24(31)28-10-8-18(9-11-28)20-7-6-19(14-25-20)22(29)26-13-17-4-5-17/h6-7,12,14,17-18H,4-5,8-11,13H2,1-3H3,(H,26,29). The summed E-state index contributed by atoms with van der Waals surface area (Å²) in [4.78, 5) is 44.2. The number of hydrogen-bond acceptors (Lipinski definition) is 4. The molecule has 1 aliphatic heterocycles. The average molecular weight is 423 g/mol. The molecule has 2 aromatic heterocycles. The van der Waals surface area contributed by atoms with Gasteiger partial charge in [0.25, 0.3) is 17.4 Å². The number of pyridine rings is 2. The zero-order valence-corrected chi connectivity index (χ0v) is 18.5. The SMILES string of the molecule is Cc1cc(C)n(C)c(=O)c1C(=O)N1CCC(c2ccc(C(=O)NCC3CC3)cn2)CC1. The van der Waals surface area contributed by atoms with Crippen LogP contribution in [0.15, 0.2) is 29.2 Å². The van der Waals surface area contributed by atoms with Crippen molar-refractivity contribution in [3.05, 3.63) is 62.8 Å². The molecule has 164 valence electrons. The first-order valence-electron chi connectivity index (χ1n) is 11.1. The summed E-state index contributed by atoms with van der Waals surface area (Å²) >= 11 is 0. The second-order valence-corrected chi connectivity index (χ2v) is 8.90. The van der Waals surface area contributed by atoms with Gasteiger partial charge in [0.2, 0.25) is 0 Å². The van der Waals surface area contributed by atoms with E-state index in [1.54, 1.807) is 18.1 Å². The highest BCUT2D eigenvalue weighted by atomic mass is 16.2. The predicted octanol–water partition coefficient (Wildman–Crippen LogP) is 2.56. The third-order valence-corrected chi connectivity index (χ3v) is 6.58. The van der Waals surface area contributed by atoms with Gasteiger partial charge in [-0.1, -0.05) is 0 Å². The molecular weight excluding hydrogens is 392 g/mol. The molecule has 0 bridgehead atoms. The highest BCUT2D eigenvalue weighted by Gasteiger charge is 2.28.